The molecular formula is C23H21IO5. The molecule has 3 rings (SSSR count). The standard InChI is InChI=1S/C14H14O.C9H7IO4/c1-12(13-8-4-2-5-9-13)15-14-10-6-3-7-11-14;1-4-5(8(11)12)2-3-6(10)7(4)9(13)14/h2-12H,1H3;2-3H,1H3,(H,11,12)(H,13,14). The summed E-state index contributed by atoms with van der Waals surface area (Å²) in [6.45, 7) is 3.55. The van der Waals surface area contributed by atoms with Crippen LogP contribution in [0, 0.1) is 10.5 Å². The normalized spacial score (nSPS) is 11.0. The zero-order valence-electron chi connectivity index (χ0n) is 16.0. The Balaban J connectivity index is 0.000000208. The Bertz CT molecular complexity index is 971. The number of rotatable bonds is 5. The number of carboxylic acid groups (broad SMARTS) is 2. The van der Waals surface area contributed by atoms with Gasteiger partial charge in [0.05, 0.1) is 11.1 Å². The van der Waals surface area contributed by atoms with Crippen molar-refractivity contribution in [2.24, 2.45) is 0 Å². The summed E-state index contributed by atoms with van der Waals surface area (Å²) < 4.78 is 6.34. The van der Waals surface area contributed by atoms with Crippen LogP contribution in [0.25, 0.3) is 0 Å². The first-order valence-electron chi connectivity index (χ1n) is 8.83. The number of hydrogen-bond acceptors (Lipinski definition) is 3. The minimum Gasteiger partial charge on any atom is -0.486 e. The molecule has 1 atom stereocenters. The molecule has 0 aliphatic heterocycles. The van der Waals surface area contributed by atoms with Crippen molar-refractivity contribution in [3.63, 3.8) is 0 Å². The molecule has 0 saturated heterocycles. The molecule has 0 aliphatic carbocycles. The van der Waals surface area contributed by atoms with Crippen molar-refractivity contribution in [2.75, 3.05) is 0 Å². The number of benzene rings is 3. The fourth-order valence-electron chi connectivity index (χ4n) is 2.67. The highest BCUT2D eigenvalue weighted by Gasteiger charge is 2.17. The average molecular weight is 504 g/mol. The highest BCUT2D eigenvalue weighted by atomic mass is 127. The molecule has 0 amide bonds. The molecule has 0 aliphatic rings. The quantitative estimate of drug-likeness (QED) is 0.428. The molecule has 2 N–H and O–H groups in total. The lowest BCUT2D eigenvalue weighted by molar-refractivity contribution is 0.0695. The lowest BCUT2D eigenvalue weighted by Gasteiger charge is -2.14. The van der Waals surface area contributed by atoms with Gasteiger partial charge in [-0.1, -0.05) is 48.5 Å². The first-order valence-corrected chi connectivity index (χ1v) is 9.91. The van der Waals surface area contributed by atoms with Crippen molar-refractivity contribution >= 4 is 34.5 Å². The molecule has 3 aromatic rings. The van der Waals surface area contributed by atoms with Gasteiger partial charge in [0.1, 0.15) is 11.9 Å². The van der Waals surface area contributed by atoms with Crippen LogP contribution in [0.3, 0.4) is 0 Å². The third kappa shape index (κ3) is 6.32. The molecule has 0 saturated carbocycles. The number of para-hydroxylation sites is 1. The van der Waals surface area contributed by atoms with Crippen molar-refractivity contribution in [3.05, 3.63) is 98.6 Å². The SMILES string of the molecule is CC(Oc1ccccc1)c1ccccc1.Cc1c(C(=O)O)ccc(I)c1C(=O)O. The van der Waals surface area contributed by atoms with Crippen LogP contribution in [0.1, 0.15) is 44.9 Å². The van der Waals surface area contributed by atoms with Crippen LogP contribution in [0.4, 0.5) is 0 Å². The zero-order chi connectivity index (χ0) is 21.4. The third-order valence-electron chi connectivity index (χ3n) is 4.18. The van der Waals surface area contributed by atoms with E-state index < -0.39 is 11.9 Å². The third-order valence-corrected chi connectivity index (χ3v) is 5.08. The van der Waals surface area contributed by atoms with E-state index in [0.717, 1.165) is 5.75 Å². The number of carboxylic acids is 2. The van der Waals surface area contributed by atoms with E-state index >= 15 is 0 Å². The minimum atomic E-state index is -1.11. The van der Waals surface area contributed by atoms with Crippen molar-refractivity contribution < 1.29 is 24.5 Å². The van der Waals surface area contributed by atoms with Crippen LogP contribution >= 0.6 is 22.6 Å². The Labute approximate surface area is 183 Å². The summed E-state index contributed by atoms with van der Waals surface area (Å²) in [5.41, 5.74) is 1.58. The van der Waals surface area contributed by atoms with E-state index in [4.69, 9.17) is 14.9 Å². The zero-order valence-corrected chi connectivity index (χ0v) is 18.2. The molecule has 1 unspecified atom stereocenters. The van der Waals surface area contributed by atoms with Crippen molar-refractivity contribution in [1.29, 1.82) is 0 Å². The minimum absolute atomic E-state index is 0.0304. The van der Waals surface area contributed by atoms with Crippen LogP contribution in [-0.4, -0.2) is 22.2 Å². The second-order valence-corrected chi connectivity index (χ2v) is 7.35. The Morgan fingerprint density at radius 3 is 1.93 bits per heavy atom. The molecule has 0 fully saturated rings. The molecule has 0 radical (unpaired) electrons. The van der Waals surface area contributed by atoms with Gasteiger partial charge in [-0.25, -0.2) is 9.59 Å². The van der Waals surface area contributed by atoms with Gasteiger partial charge in [0.25, 0.3) is 0 Å². The summed E-state index contributed by atoms with van der Waals surface area (Å²) in [7, 11) is 0. The van der Waals surface area contributed by atoms with Gasteiger partial charge in [-0.05, 0) is 71.8 Å². The van der Waals surface area contributed by atoms with Gasteiger partial charge in [0.15, 0.2) is 0 Å². The number of aromatic carboxylic acids is 2. The van der Waals surface area contributed by atoms with Gasteiger partial charge < -0.3 is 14.9 Å². The van der Waals surface area contributed by atoms with E-state index in [1.165, 1.54) is 24.6 Å². The Kier molecular flexibility index (Phi) is 8.21. The molecule has 29 heavy (non-hydrogen) atoms. The molecule has 0 heterocycles. The lowest BCUT2D eigenvalue weighted by Crippen LogP contribution is -2.09. The highest BCUT2D eigenvalue weighted by molar-refractivity contribution is 14.1. The summed E-state index contributed by atoms with van der Waals surface area (Å²) in [5, 5.41) is 17.6. The molecule has 5 nitrogen and oxygen atoms in total. The van der Waals surface area contributed by atoms with E-state index in [0.29, 0.717) is 3.57 Å². The maximum absolute atomic E-state index is 10.8. The van der Waals surface area contributed by atoms with E-state index in [9.17, 15) is 9.59 Å². The fraction of sp³-hybridized carbons (Fsp3) is 0.130. The van der Waals surface area contributed by atoms with Gasteiger partial charge in [-0.2, -0.15) is 0 Å². The number of halogens is 1. The number of carbonyl (C=O) groups is 2. The molecule has 0 bridgehead atoms. The van der Waals surface area contributed by atoms with Gasteiger partial charge >= 0.3 is 11.9 Å². The Morgan fingerprint density at radius 2 is 1.41 bits per heavy atom. The second kappa shape index (κ2) is 10.6. The summed E-state index contributed by atoms with van der Waals surface area (Å²) >= 11 is 1.87. The van der Waals surface area contributed by atoms with E-state index in [1.54, 1.807) is 0 Å². The van der Waals surface area contributed by atoms with Crippen LogP contribution < -0.4 is 4.74 Å². The van der Waals surface area contributed by atoms with Crippen molar-refractivity contribution in [3.8, 4) is 5.75 Å². The summed E-state index contributed by atoms with van der Waals surface area (Å²) in [6, 6.07) is 23.0. The molecule has 0 aromatic heterocycles. The van der Waals surface area contributed by atoms with Gasteiger partial charge in [-0.15, -0.1) is 0 Å². The van der Waals surface area contributed by atoms with E-state index in [1.807, 2.05) is 71.1 Å². The Hall–Kier alpha value is -2.87. The first-order chi connectivity index (χ1) is 13.8. The fourth-order valence-corrected chi connectivity index (χ4v) is 3.48. The average Bonchev–Trinajstić information content (AvgIpc) is 2.69. The van der Waals surface area contributed by atoms with Crippen LogP contribution in [0.2, 0.25) is 0 Å². The van der Waals surface area contributed by atoms with Gasteiger partial charge in [0, 0.05) is 3.57 Å². The largest absolute Gasteiger partial charge is 0.486 e. The van der Waals surface area contributed by atoms with E-state index in [2.05, 4.69) is 19.1 Å². The number of ether oxygens (including phenoxy) is 1. The predicted molar refractivity (Wildman–Crippen MR) is 120 cm³/mol. The monoisotopic (exact) mass is 504 g/mol. The topological polar surface area (TPSA) is 83.8 Å². The highest BCUT2D eigenvalue weighted by Crippen LogP contribution is 2.21. The summed E-state index contributed by atoms with van der Waals surface area (Å²) in [5.74, 6) is -1.30. The van der Waals surface area contributed by atoms with Crippen molar-refractivity contribution in [1.82, 2.24) is 0 Å². The molecule has 3 aromatic carbocycles. The van der Waals surface area contributed by atoms with Gasteiger partial charge in [0.2, 0.25) is 0 Å². The molecular weight excluding hydrogens is 483 g/mol. The summed E-state index contributed by atoms with van der Waals surface area (Å²) in [6.07, 6.45) is 0.0913. The maximum Gasteiger partial charge on any atom is 0.337 e. The van der Waals surface area contributed by atoms with Crippen LogP contribution in [-0.2, 0) is 0 Å². The van der Waals surface area contributed by atoms with E-state index in [-0.39, 0.29) is 22.8 Å². The predicted octanol–water partition coefficient (Wildman–Crippen LogP) is 5.82. The molecule has 150 valence electrons. The molecule has 0 spiro atoms. The van der Waals surface area contributed by atoms with Gasteiger partial charge in [-0.3, -0.25) is 0 Å². The van der Waals surface area contributed by atoms with Crippen molar-refractivity contribution in [2.45, 2.75) is 20.0 Å². The first kappa shape index (κ1) is 22.4. The Morgan fingerprint density at radius 1 is 0.862 bits per heavy atom. The van der Waals surface area contributed by atoms with Crippen LogP contribution in [0.15, 0.2) is 72.8 Å². The molecule has 6 heteroatoms. The number of hydrogen-bond donors (Lipinski definition) is 2. The smallest absolute Gasteiger partial charge is 0.337 e. The second-order valence-electron chi connectivity index (χ2n) is 6.19. The summed E-state index contributed by atoms with van der Waals surface area (Å²) in [4.78, 5) is 21.5. The lowest BCUT2D eigenvalue weighted by atomic mass is 10.0. The maximum atomic E-state index is 10.8. The van der Waals surface area contributed by atoms with Crippen LogP contribution in [0.5, 0.6) is 5.75 Å².